The van der Waals surface area contributed by atoms with E-state index in [2.05, 4.69) is 4.99 Å². The minimum Gasteiger partial charge on any atom is -0.458 e. The number of carbonyl (C=O) groups is 1. The molecule has 98 valence electrons. The van der Waals surface area contributed by atoms with Crippen molar-refractivity contribution in [3.8, 4) is 0 Å². The van der Waals surface area contributed by atoms with Gasteiger partial charge >= 0.3 is 5.97 Å². The first-order valence-electron chi connectivity index (χ1n) is 5.79. The third-order valence-electron chi connectivity index (χ3n) is 2.07. The maximum Gasteiger partial charge on any atom is 0.331 e. The molecule has 0 fully saturated rings. The van der Waals surface area contributed by atoms with Crippen LogP contribution < -0.4 is 0 Å². The summed E-state index contributed by atoms with van der Waals surface area (Å²) in [5, 5.41) is 0.673. The summed E-state index contributed by atoms with van der Waals surface area (Å²) in [6.07, 6.45) is 1.64. The molecule has 0 heterocycles. The predicted octanol–water partition coefficient (Wildman–Crippen LogP) is 3.49. The molecule has 0 unspecified atom stereocenters. The number of aliphatic imine (C=N–C) groups is 1. The summed E-state index contributed by atoms with van der Waals surface area (Å²) in [6.45, 7) is 7.21. The van der Waals surface area contributed by atoms with E-state index >= 15 is 0 Å². The second kappa shape index (κ2) is 6.01. The topological polar surface area (TPSA) is 38.7 Å². The van der Waals surface area contributed by atoms with Crippen molar-refractivity contribution >= 4 is 23.8 Å². The predicted molar refractivity (Wildman–Crippen MR) is 74.4 cm³/mol. The summed E-state index contributed by atoms with van der Waals surface area (Å²) >= 11 is 5.78. The smallest absolute Gasteiger partial charge is 0.331 e. The number of rotatable bonds is 3. The normalized spacial score (nSPS) is 13.6. The van der Waals surface area contributed by atoms with Gasteiger partial charge in [0.25, 0.3) is 0 Å². The first kappa shape index (κ1) is 14.7. The Morgan fingerprint density at radius 2 is 1.89 bits per heavy atom. The van der Waals surface area contributed by atoms with Crippen molar-refractivity contribution in [2.45, 2.75) is 39.3 Å². The lowest BCUT2D eigenvalue weighted by atomic mass is 10.2. The number of hydrogen-bond donors (Lipinski definition) is 0. The van der Waals surface area contributed by atoms with E-state index in [9.17, 15) is 4.79 Å². The molecule has 0 N–H and O–H groups in total. The molecule has 0 radical (unpaired) electrons. The van der Waals surface area contributed by atoms with E-state index in [4.69, 9.17) is 16.3 Å². The van der Waals surface area contributed by atoms with Gasteiger partial charge in [0.1, 0.15) is 11.6 Å². The third-order valence-corrected chi connectivity index (χ3v) is 2.32. The van der Waals surface area contributed by atoms with Gasteiger partial charge in [-0.2, -0.15) is 0 Å². The fraction of sp³-hybridized carbons (Fsp3) is 0.429. The Morgan fingerprint density at radius 3 is 2.39 bits per heavy atom. The summed E-state index contributed by atoms with van der Waals surface area (Å²) in [5.41, 5.74) is 0.413. The van der Waals surface area contributed by atoms with Crippen LogP contribution in [0, 0.1) is 0 Å². The van der Waals surface area contributed by atoms with Crippen molar-refractivity contribution < 1.29 is 9.53 Å². The van der Waals surface area contributed by atoms with Crippen molar-refractivity contribution in [1.29, 1.82) is 0 Å². The molecule has 0 amide bonds. The molecule has 1 aromatic carbocycles. The molecule has 0 aliphatic heterocycles. The molecule has 1 rings (SSSR count). The molecule has 0 aliphatic carbocycles. The summed E-state index contributed by atoms with van der Waals surface area (Å²) < 4.78 is 5.23. The van der Waals surface area contributed by atoms with Gasteiger partial charge in [0, 0.05) is 11.2 Å². The Balaban J connectivity index is 2.61. The van der Waals surface area contributed by atoms with Crippen molar-refractivity contribution in [2.75, 3.05) is 0 Å². The lowest BCUT2D eigenvalue weighted by Crippen LogP contribution is -2.29. The van der Waals surface area contributed by atoms with Crippen LogP contribution in [0.15, 0.2) is 29.3 Å². The highest BCUT2D eigenvalue weighted by molar-refractivity contribution is 6.30. The molecule has 0 bridgehead atoms. The molecular formula is C14H18ClNO2. The number of ether oxygens (including phenoxy) is 1. The Bertz CT molecular complexity index is 432. The molecule has 18 heavy (non-hydrogen) atoms. The summed E-state index contributed by atoms with van der Waals surface area (Å²) in [5.74, 6) is -0.326. The van der Waals surface area contributed by atoms with E-state index in [1.807, 2.05) is 32.9 Å². The van der Waals surface area contributed by atoms with Gasteiger partial charge in [-0.1, -0.05) is 23.7 Å². The molecular weight excluding hydrogens is 250 g/mol. The van der Waals surface area contributed by atoms with Crippen molar-refractivity contribution in [2.24, 2.45) is 4.99 Å². The Labute approximate surface area is 113 Å². The number of nitrogens with zero attached hydrogens (tertiary/aromatic N) is 1. The fourth-order valence-electron chi connectivity index (χ4n) is 1.19. The van der Waals surface area contributed by atoms with Gasteiger partial charge in [-0.25, -0.2) is 4.79 Å². The van der Waals surface area contributed by atoms with Gasteiger partial charge < -0.3 is 4.74 Å². The molecule has 0 aliphatic rings. The average Bonchev–Trinajstić information content (AvgIpc) is 2.25. The van der Waals surface area contributed by atoms with Crippen LogP contribution in [-0.2, 0) is 9.53 Å². The molecule has 0 spiro atoms. The van der Waals surface area contributed by atoms with Crippen LogP contribution in [-0.4, -0.2) is 23.8 Å². The standard InChI is InChI=1S/C14H18ClNO2/c1-10(13(17)18-14(2,3)4)16-9-11-5-7-12(15)8-6-11/h5-10H,1-4H3/t10-/m1/s1. The maximum atomic E-state index is 11.7. The van der Waals surface area contributed by atoms with Crippen LogP contribution in [0.1, 0.15) is 33.3 Å². The molecule has 0 aromatic heterocycles. The molecule has 1 atom stereocenters. The van der Waals surface area contributed by atoms with Gasteiger partial charge in [0.15, 0.2) is 0 Å². The number of esters is 1. The van der Waals surface area contributed by atoms with E-state index in [1.54, 1.807) is 25.3 Å². The summed E-state index contributed by atoms with van der Waals surface area (Å²) in [7, 11) is 0. The van der Waals surface area contributed by atoms with Crippen molar-refractivity contribution in [1.82, 2.24) is 0 Å². The first-order chi connectivity index (χ1) is 8.28. The summed E-state index contributed by atoms with van der Waals surface area (Å²) in [6, 6.07) is 6.73. The largest absolute Gasteiger partial charge is 0.458 e. The Morgan fingerprint density at radius 1 is 1.33 bits per heavy atom. The van der Waals surface area contributed by atoms with E-state index in [-0.39, 0.29) is 5.97 Å². The number of benzene rings is 1. The van der Waals surface area contributed by atoms with E-state index < -0.39 is 11.6 Å². The minimum absolute atomic E-state index is 0.326. The van der Waals surface area contributed by atoms with E-state index in [1.165, 1.54) is 0 Å². The van der Waals surface area contributed by atoms with E-state index in [0.717, 1.165) is 5.56 Å². The van der Waals surface area contributed by atoms with Gasteiger partial charge in [0.2, 0.25) is 0 Å². The highest BCUT2D eigenvalue weighted by Crippen LogP contribution is 2.10. The fourth-order valence-corrected chi connectivity index (χ4v) is 1.32. The van der Waals surface area contributed by atoms with Crippen LogP contribution in [0.5, 0.6) is 0 Å². The lowest BCUT2D eigenvalue weighted by molar-refractivity contribution is -0.155. The first-order valence-corrected chi connectivity index (χ1v) is 6.17. The van der Waals surface area contributed by atoms with Gasteiger partial charge in [-0.05, 0) is 45.4 Å². The lowest BCUT2D eigenvalue weighted by Gasteiger charge is -2.20. The summed E-state index contributed by atoms with van der Waals surface area (Å²) in [4.78, 5) is 15.8. The van der Waals surface area contributed by atoms with Crippen molar-refractivity contribution in [3.05, 3.63) is 34.9 Å². The Kier molecular flexibility index (Phi) is 4.91. The van der Waals surface area contributed by atoms with Gasteiger partial charge in [0.05, 0.1) is 0 Å². The molecule has 1 aromatic rings. The highest BCUT2D eigenvalue weighted by atomic mass is 35.5. The van der Waals surface area contributed by atoms with Crippen LogP contribution in [0.4, 0.5) is 0 Å². The SMILES string of the molecule is C[C@@H](N=Cc1ccc(Cl)cc1)C(=O)OC(C)(C)C. The minimum atomic E-state index is -0.514. The van der Waals surface area contributed by atoms with Crippen LogP contribution in [0.2, 0.25) is 5.02 Å². The second-order valence-corrected chi connectivity index (χ2v) is 5.48. The van der Waals surface area contributed by atoms with Gasteiger partial charge in [-0.15, -0.1) is 0 Å². The maximum absolute atomic E-state index is 11.7. The zero-order chi connectivity index (χ0) is 13.8. The third kappa shape index (κ3) is 5.32. The van der Waals surface area contributed by atoms with Crippen LogP contribution in [0.3, 0.4) is 0 Å². The molecule has 0 saturated heterocycles. The molecule has 3 nitrogen and oxygen atoms in total. The number of hydrogen-bond acceptors (Lipinski definition) is 3. The van der Waals surface area contributed by atoms with Crippen molar-refractivity contribution in [3.63, 3.8) is 0 Å². The average molecular weight is 268 g/mol. The van der Waals surface area contributed by atoms with Gasteiger partial charge in [-0.3, -0.25) is 4.99 Å². The molecule has 4 heteroatoms. The zero-order valence-corrected chi connectivity index (χ0v) is 11.9. The number of carbonyl (C=O) groups excluding carboxylic acids is 1. The second-order valence-electron chi connectivity index (χ2n) is 5.04. The number of halogens is 1. The Hall–Kier alpha value is -1.35. The molecule has 0 saturated carbocycles. The quantitative estimate of drug-likeness (QED) is 0.621. The zero-order valence-electron chi connectivity index (χ0n) is 11.1. The van der Waals surface area contributed by atoms with E-state index in [0.29, 0.717) is 5.02 Å². The monoisotopic (exact) mass is 267 g/mol. The highest BCUT2D eigenvalue weighted by Gasteiger charge is 2.20. The van der Waals surface area contributed by atoms with Crippen LogP contribution in [0.25, 0.3) is 0 Å². The van der Waals surface area contributed by atoms with Crippen LogP contribution >= 0.6 is 11.6 Å².